The van der Waals surface area contributed by atoms with Crippen LogP contribution in [0, 0.1) is 30.0 Å². The molecular weight excluding hydrogens is 363 g/mol. The molecule has 2 aromatic rings. The van der Waals surface area contributed by atoms with Crippen LogP contribution in [0.15, 0.2) is 17.1 Å². The zero-order chi connectivity index (χ0) is 20.8. The monoisotopic (exact) mass is 386 g/mol. The molecule has 28 heavy (non-hydrogen) atoms. The second-order valence-electron chi connectivity index (χ2n) is 7.79. The van der Waals surface area contributed by atoms with Crippen molar-refractivity contribution in [2.45, 2.75) is 26.3 Å². The number of carboxylic acids is 1. The van der Waals surface area contributed by atoms with Crippen molar-refractivity contribution in [2.24, 2.45) is 17.6 Å². The van der Waals surface area contributed by atoms with Gasteiger partial charge in [-0.15, -0.1) is 6.42 Å². The minimum absolute atomic E-state index is 0.111. The van der Waals surface area contributed by atoms with Gasteiger partial charge < -0.3 is 20.3 Å². The number of aromatic nitrogens is 2. The third-order valence-electron chi connectivity index (χ3n) is 5.47. The third kappa shape index (κ3) is 3.12. The van der Waals surface area contributed by atoms with E-state index in [2.05, 4.69) is 10.9 Å². The topological polar surface area (TPSA) is 101 Å². The quantitative estimate of drug-likeness (QED) is 0.775. The van der Waals surface area contributed by atoms with E-state index in [9.17, 15) is 19.1 Å². The number of aromatic carboxylic acids is 1. The summed E-state index contributed by atoms with van der Waals surface area (Å²) in [5, 5.41) is 9.25. The maximum Gasteiger partial charge on any atom is 0.341 e. The van der Waals surface area contributed by atoms with Crippen molar-refractivity contribution in [3.8, 4) is 12.3 Å². The Bertz CT molecular complexity index is 1050. The van der Waals surface area contributed by atoms with Crippen LogP contribution < -0.4 is 16.1 Å². The van der Waals surface area contributed by atoms with Gasteiger partial charge in [-0.25, -0.2) is 14.2 Å². The first-order valence-corrected chi connectivity index (χ1v) is 9.03. The van der Waals surface area contributed by atoms with E-state index in [1.165, 1.54) is 10.8 Å². The molecule has 1 aliphatic heterocycles. The normalized spacial score (nSPS) is 19.8. The molecule has 3 rings (SSSR count). The van der Waals surface area contributed by atoms with Gasteiger partial charge in [0, 0.05) is 19.3 Å². The average molecular weight is 386 g/mol. The minimum Gasteiger partial charge on any atom is -0.477 e. The maximum atomic E-state index is 14.9. The smallest absolute Gasteiger partial charge is 0.341 e. The van der Waals surface area contributed by atoms with Crippen LogP contribution in [0.5, 0.6) is 0 Å². The molecule has 0 bridgehead atoms. The summed E-state index contributed by atoms with van der Waals surface area (Å²) in [7, 11) is 0. The van der Waals surface area contributed by atoms with E-state index >= 15 is 0 Å². The summed E-state index contributed by atoms with van der Waals surface area (Å²) in [6, 6.07) is 1.05. The number of hydrogen-bond acceptors (Lipinski definition) is 5. The number of halogens is 1. The summed E-state index contributed by atoms with van der Waals surface area (Å²) < 4.78 is 16.3. The molecule has 8 heteroatoms. The Morgan fingerprint density at radius 3 is 2.71 bits per heavy atom. The molecule has 148 valence electrons. The Balaban J connectivity index is 2.30. The highest BCUT2D eigenvalue weighted by Gasteiger charge is 2.32. The lowest BCUT2D eigenvalue weighted by molar-refractivity contribution is 0.0694. The molecule has 0 saturated carbocycles. The molecule has 1 aliphatic rings. The molecule has 1 fully saturated rings. The first kappa shape index (κ1) is 19.8. The molecule has 3 heterocycles. The first-order chi connectivity index (χ1) is 13.1. The molecule has 3 N–H and O–H groups in total. The Kier molecular flexibility index (Phi) is 4.90. The number of anilines is 1. The summed E-state index contributed by atoms with van der Waals surface area (Å²) in [6.45, 7) is 7.07. The summed E-state index contributed by atoms with van der Waals surface area (Å²) in [6.07, 6.45) is 6.79. The van der Waals surface area contributed by atoms with Gasteiger partial charge in [0.1, 0.15) is 16.7 Å². The average Bonchev–Trinajstić information content (AvgIpc) is 3.02. The van der Waals surface area contributed by atoms with Gasteiger partial charge in [-0.2, -0.15) is 0 Å². The van der Waals surface area contributed by atoms with E-state index in [1.54, 1.807) is 18.7 Å². The number of nitrogens with two attached hydrogens (primary N) is 1. The standard InChI is InChI=1S/C20H23FN4O3/c1-5-20(3,4)25-10-14(19(27)28)16(26)13-6-15(21)18(23-17(13)25)24-8-11(2)12(7-22)9-24/h1,6,10-12H,7-9,22H2,2-4H3,(H,27,28). The van der Waals surface area contributed by atoms with Crippen molar-refractivity contribution in [3.63, 3.8) is 0 Å². The fourth-order valence-corrected chi connectivity index (χ4v) is 3.60. The van der Waals surface area contributed by atoms with Crippen molar-refractivity contribution < 1.29 is 14.3 Å². The first-order valence-electron chi connectivity index (χ1n) is 9.03. The predicted octanol–water partition coefficient (Wildman–Crippen LogP) is 1.63. The van der Waals surface area contributed by atoms with E-state index in [0.717, 1.165) is 6.07 Å². The molecule has 2 unspecified atom stereocenters. The second-order valence-corrected chi connectivity index (χ2v) is 7.79. The number of rotatable bonds is 4. The van der Waals surface area contributed by atoms with Gasteiger partial charge in [0.15, 0.2) is 11.6 Å². The van der Waals surface area contributed by atoms with E-state index in [1.807, 2.05) is 6.92 Å². The number of pyridine rings is 2. The fourth-order valence-electron chi connectivity index (χ4n) is 3.60. The number of carboxylic acid groups (broad SMARTS) is 1. The van der Waals surface area contributed by atoms with Crippen LogP contribution in [-0.4, -0.2) is 40.3 Å². The van der Waals surface area contributed by atoms with Crippen molar-refractivity contribution >= 4 is 22.8 Å². The van der Waals surface area contributed by atoms with Crippen LogP contribution in [0.1, 0.15) is 31.1 Å². The zero-order valence-corrected chi connectivity index (χ0v) is 16.1. The summed E-state index contributed by atoms with van der Waals surface area (Å²) in [5.74, 6) is 1.09. The lowest BCUT2D eigenvalue weighted by Crippen LogP contribution is -2.31. The highest BCUT2D eigenvalue weighted by atomic mass is 19.1. The number of terminal acetylenes is 1. The molecule has 1 saturated heterocycles. The lowest BCUT2D eigenvalue weighted by atomic mass is 9.99. The summed E-state index contributed by atoms with van der Waals surface area (Å²) in [4.78, 5) is 30.3. The van der Waals surface area contributed by atoms with Crippen molar-refractivity contribution in [2.75, 3.05) is 24.5 Å². The van der Waals surface area contributed by atoms with Crippen molar-refractivity contribution in [3.05, 3.63) is 33.9 Å². The number of hydrogen-bond donors (Lipinski definition) is 2. The molecule has 0 radical (unpaired) electrons. The lowest BCUT2D eigenvalue weighted by Gasteiger charge is -2.26. The summed E-state index contributed by atoms with van der Waals surface area (Å²) >= 11 is 0. The van der Waals surface area contributed by atoms with Gasteiger partial charge in [0.2, 0.25) is 5.43 Å². The number of fused-ring (bicyclic) bond motifs is 1. The van der Waals surface area contributed by atoms with Crippen molar-refractivity contribution in [1.82, 2.24) is 9.55 Å². The number of nitrogens with zero attached hydrogens (tertiary/aromatic N) is 3. The van der Waals surface area contributed by atoms with E-state index in [-0.39, 0.29) is 28.7 Å². The van der Waals surface area contributed by atoms with E-state index in [0.29, 0.717) is 19.6 Å². The second kappa shape index (κ2) is 6.91. The van der Waals surface area contributed by atoms with Gasteiger partial charge in [-0.05, 0) is 38.3 Å². The van der Waals surface area contributed by atoms with E-state index < -0.39 is 28.3 Å². The molecular formula is C20H23FN4O3. The fraction of sp³-hybridized carbons (Fsp3) is 0.450. The van der Waals surface area contributed by atoms with Crippen LogP contribution in [0.2, 0.25) is 0 Å². The SMILES string of the molecule is C#CC(C)(C)n1cc(C(=O)O)c(=O)c2cc(F)c(N3CC(C)C(CN)C3)nc21. The zero-order valence-electron chi connectivity index (χ0n) is 16.1. The Morgan fingerprint density at radius 2 is 2.18 bits per heavy atom. The van der Waals surface area contributed by atoms with Gasteiger partial charge >= 0.3 is 5.97 Å². The van der Waals surface area contributed by atoms with Gasteiger partial charge in [-0.3, -0.25) is 4.79 Å². The predicted molar refractivity (Wildman–Crippen MR) is 105 cm³/mol. The largest absolute Gasteiger partial charge is 0.477 e. The van der Waals surface area contributed by atoms with Crippen LogP contribution >= 0.6 is 0 Å². The molecule has 0 spiro atoms. The third-order valence-corrected chi connectivity index (χ3v) is 5.47. The maximum absolute atomic E-state index is 14.9. The molecule has 2 atom stereocenters. The van der Waals surface area contributed by atoms with Crippen molar-refractivity contribution in [1.29, 1.82) is 0 Å². The molecule has 0 aromatic carbocycles. The van der Waals surface area contributed by atoms with Gasteiger partial charge in [0.25, 0.3) is 0 Å². The Morgan fingerprint density at radius 1 is 1.50 bits per heavy atom. The Hall–Kier alpha value is -2.92. The van der Waals surface area contributed by atoms with Crippen LogP contribution in [-0.2, 0) is 5.54 Å². The minimum atomic E-state index is -1.41. The van der Waals surface area contributed by atoms with Gasteiger partial charge in [-0.1, -0.05) is 12.8 Å². The molecule has 0 aliphatic carbocycles. The van der Waals surface area contributed by atoms with Gasteiger partial charge in [0.05, 0.1) is 5.39 Å². The summed E-state index contributed by atoms with van der Waals surface area (Å²) in [5.41, 5.74) is 3.69. The molecule has 7 nitrogen and oxygen atoms in total. The van der Waals surface area contributed by atoms with E-state index in [4.69, 9.17) is 12.2 Å². The molecule has 2 aromatic heterocycles. The number of carbonyl (C=O) groups is 1. The van der Waals surface area contributed by atoms with Crippen LogP contribution in [0.3, 0.4) is 0 Å². The Labute approximate surface area is 162 Å². The molecule has 0 amide bonds. The highest BCUT2D eigenvalue weighted by Crippen LogP contribution is 2.30. The highest BCUT2D eigenvalue weighted by molar-refractivity contribution is 5.92. The van der Waals surface area contributed by atoms with Crippen LogP contribution in [0.4, 0.5) is 10.2 Å². The van der Waals surface area contributed by atoms with Crippen LogP contribution in [0.25, 0.3) is 11.0 Å².